The van der Waals surface area contributed by atoms with Crippen LogP contribution >= 0.6 is 0 Å². The standard InChI is InChI=1S/C8H18O4Si/c1-5-10-8(9)13(4,11-6-2)12-7-3/h5-7H2,1-4H3. The number of ether oxygens (including phenoxy) is 1. The molecule has 0 aromatic carbocycles. The van der Waals surface area contributed by atoms with Crippen molar-refractivity contribution in [2.24, 2.45) is 0 Å². The molecule has 0 amide bonds. The lowest BCUT2D eigenvalue weighted by molar-refractivity contribution is 0.137. The van der Waals surface area contributed by atoms with Gasteiger partial charge in [-0.15, -0.1) is 0 Å². The lowest BCUT2D eigenvalue weighted by Gasteiger charge is -2.22. The van der Waals surface area contributed by atoms with Gasteiger partial charge in [-0.2, -0.15) is 0 Å². The molecule has 78 valence electrons. The number of carbonyl (C=O) groups is 1. The molecule has 0 bridgehead atoms. The lowest BCUT2D eigenvalue weighted by atomic mass is 10.9. The van der Waals surface area contributed by atoms with Gasteiger partial charge in [0.2, 0.25) is 0 Å². The predicted molar refractivity (Wildman–Crippen MR) is 51.9 cm³/mol. The molecular weight excluding hydrogens is 188 g/mol. The summed E-state index contributed by atoms with van der Waals surface area (Å²) in [6.07, 6.45) is 0. The first kappa shape index (κ1) is 12.6. The van der Waals surface area contributed by atoms with Gasteiger partial charge >= 0.3 is 14.2 Å². The van der Waals surface area contributed by atoms with Crippen LogP contribution in [0.1, 0.15) is 20.8 Å². The first-order valence-electron chi connectivity index (χ1n) is 4.55. The topological polar surface area (TPSA) is 44.8 Å². The summed E-state index contributed by atoms with van der Waals surface area (Å²) in [5.41, 5.74) is -0.335. The van der Waals surface area contributed by atoms with Crippen LogP contribution in [0.25, 0.3) is 0 Å². The summed E-state index contributed by atoms with van der Waals surface area (Å²) < 4.78 is 15.5. The van der Waals surface area contributed by atoms with Gasteiger partial charge in [-0.05, 0) is 27.3 Å². The molecule has 0 N–H and O–H groups in total. The van der Waals surface area contributed by atoms with Crippen LogP contribution in [0.2, 0.25) is 6.55 Å². The van der Waals surface area contributed by atoms with E-state index in [4.69, 9.17) is 13.6 Å². The largest absolute Gasteiger partial charge is 0.466 e. The summed E-state index contributed by atoms with van der Waals surface area (Å²) in [6.45, 7) is 8.46. The van der Waals surface area contributed by atoms with Crippen LogP contribution in [0.4, 0.5) is 4.79 Å². The van der Waals surface area contributed by atoms with Crippen molar-refractivity contribution in [3.63, 3.8) is 0 Å². The average Bonchev–Trinajstić information content (AvgIpc) is 2.05. The summed E-state index contributed by atoms with van der Waals surface area (Å²) in [5.74, 6) is 0. The lowest BCUT2D eigenvalue weighted by Crippen LogP contribution is -2.48. The van der Waals surface area contributed by atoms with Crippen LogP contribution < -0.4 is 0 Å². The highest BCUT2D eigenvalue weighted by atomic mass is 28.4. The van der Waals surface area contributed by atoms with Crippen molar-refractivity contribution in [2.75, 3.05) is 19.8 Å². The number of hydrogen-bond donors (Lipinski definition) is 0. The van der Waals surface area contributed by atoms with Gasteiger partial charge in [0.05, 0.1) is 6.61 Å². The molecule has 0 aliphatic heterocycles. The molecule has 0 rings (SSSR count). The van der Waals surface area contributed by atoms with Crippen molar-refractivity contribution in [3.05, 3.63) is 0 Å². The van der Waals surface area contributed by atoms with Crippen molar-refractivity contribution in [2.45, 2.75) is 27.3 Å². The van der Waals surface area contributed by atoms with Crippen LogP contribution in [-0.4, -0.2) is 34.0 Å². The van der Waals surface area contributed by atoms with Crippen molar-refractivity contribution in [3.8, 4) is 0 Å². The number of hydrogen-bond acceptors (Lipinski definition) is 4. The van der Waals surface area contributed by atoms with E-state index in [1.54, 1.807) is 13.5 Å². The minimum absolute atomic E-state index is 0.335. The van der Waals surface area contributed by atoms with Crippen molar-refractivity contribution < 1.29 is 18.4 Å². The summed E-state index contributed by atoms with van der Waals surface area (Å²) in [6, 6.07) is 0. The molecule has 13 heavy (non-hydrogen) atoms. The average molecular weight is 206 g/mol. The monoisotopic (exact) mass is 206 g/mol. The van der Waals surface area contributed by atoms with Crippen molar-refractivity contribution in [1.82, 2.24) is 0 Å². The number of carbonyl (C=O) groups excluding carboxylic acids is 1. The van der Waals surface area contributed by atoms with E-state index in [0.29, 0.717) is 19.8 Å². The second kappa shape index (κ2) is 6.12. The fraction of sp³-hybridized carbons (Fsp3) is 0.875. The van der Waals surface area contributed by atoms with Crippen LogP contribution in [0.5, 0.6) is 0 Å². The van der Waals surface area contributed by atoms with Crippen molar-refractivity contribution >= 4 is 14.2 Å². The van der Waals surface area contributed by atoms with Gasteiger partial charge in [-0.25, -0.2) is 0 Å². The first-order valence-corrected chi connectivity index (χ1v) is 6.87. The van der Waals surface area contributed by atoms with E-state index in [1.807, 2.05) is 13.8 Å². The molecule has 5 heteroatoms. The van der Waals surface area contributed by atoms with Crippen LogP contribution in [0.15, 0.2) is 0 Å². The van der Waals surface area contributed by atoms with Crippen molar-refractivity contribution in [1.29, 1.82) is 0 Å². The molecule has 0 aliphatic carbocycles. The maximum atomic E-state index is 11.4. The van der Waals surface area contributed by atoms with Crippen LogP contribution in [-0.2, 0) is 13.6 Å². The minimum Gasteiger partial charge on any atom is -0.466 e. The Labute approximate surface area is 80.4 Å². The van der Waals surface area contributed by atoms with Crippen LogP contribution in [0, 0.1) is 0 Å². The molecule has 4 nitrogen and oxygen atoms in total. The van der Waals surface area contributed by atoms with Gasteiger partial charge in [0.15, 0.2) is 0 Å². The second-order valence-electron chi connectivity index (χ2n) is 2.53. The van der Waals surface area contributed by atoms with Gasteiger partial charge in [0.25, 0.3) is 0 Å². The highest BCUT2D eigenvalue weighted by Gasteiger charge is 2.42. The van der Waals surface area contributed by atoms with E-state index < -0.39 is 8.56 Å². The maximum absolute atomic E-state index is 11.4. The van der Waals surface area contributed by atoms with Gasteiger partial charge in [0.1, 0.15) is 0 Å². The minimum atomic E-state index is -2.73. The number of rotatable bonds is 6. The third kappa shape index (κ3) is 3.88. The molecule has 0 aromatic rings. The normalized spacial score (nSPS) is 11.4. The molecule has 0 aromatic heterocycles. The van der Waals surface area contributed by atoms with Gasteiger partial charge in [-0.1, -0.05) is 0 Å². The third-order valence-corrected chi connectivity index (χ3v) is 4.05. The summed E-state index contributed by atoms with van der Waals surface area (Å²) in [4.78, 5) is 11.4. The Morgan fingerprint density at radius 3 is 1.85 bits per heavy atom. The fourth-order valence-electron chi connectivity index (χ4n) is 0.973. The molecular formula is C8H18O4Si. The SMILES string of the molecule is CCOC(=O)[Si](C)(OCC)OCC. The second-order valence-corrected chi connectivity index (χ2v) is 5.41. The highest BCUT2D eigenvalue weighted by molar-refractivity contribution is 6.94. The Kier molecular flexibility index (Phi) is 5.94. The van der Waals surface area contributed by atoms with Gasteiger partial charge in [0, 0.05) is 13.2 Å². The molecule has 0 radical (unpaired) electrons. The van der Waals surface area contributed by atoms with E-state index in [1.165, 1.54) is 0 Å². The molecule has 0 fully saturated rings. The molecule has 0 heterocycles. The Morgan fingerprint density at radius 2 is 1.54 bits per heavy atom. The zero-order valence-corrected chi connectivity index (χ0v) is 9.75. The van der Waals surface area contributed by atoms with E-state index >= 15 is 0 Å². The Balaban J connectivity index is 4.27. The van der Waals surface area contributed by atoms with Gasteiger partial charge < -0.3 is 13.6 Å². The molecule has 0 spiro atoms. The highest BCUT2D eigenvalue weighted by Crippen LogP contribution is 2.10. The Bertz CT molecular complexity index is 154. The van der Waals surface area contributed by atoms with E-state index in [2.05, 4.69) is 0 Å². The summed E-state index contributed by atoms with van der Waals surface area (Å²) in [7, 11) is -2.73. The Hall–Kier alpha value is -0.393. The first-order chi connectivity index (χ1) is 6.10. The summed E-state index contributed by atoms with van der Waals surface area (Å²) >= 11 is 0. The molecule has 0 unspecified atom stereocenters. The van der Waals surface area contributed by atoms with E-state index in [0.717, 1.165) is 0 Å². The summed E-state index contributed by atoms with van der Waals surface area (Å²) in [5, 5.41) is 0. The zero-order valence-electron chi connectivity index (χ0n) is 8.75. The molecule has 0 saturated carbocycles. The molecule has 0 atom stereocenters. The van der Waals surface area contributed by atoms with E-state index in [9.17, 15) is 4.79 Å². The maximum Gasteiger partial charge on any atom is 0.459 e. The van der Waals surface area contributed by atoms with Gasteiger partial charge in [-0.3, -0.25) is 4.79 Å². The fourth-order valence-corrected chi connectivity index (χ4v) is 2.80. The predicted octanol–water partition coefficient (Wildman–Crippen LogP) is 1.87. The quantitative estimate of drug-likeness (QED) is 0.622. The molecule has 0 aliphatic rings. The van der Waals surface area contributed by atoms with Crippen LogP contribution in [0.3, 0.4) is 0 Å². The zero-order chi connectivity index (χ0) is 10.3. The Morgan fingerprint density at radius 1 is 1.08 bits per heavy atom. The van der Waals surface area contributed by atoms with E-state index in [-0.39, 0.29) is 5.59 Å². The smallest absolute Gasteiger partial charge is 0.459 e. The third-order valence-electron chi connectivity index (χ3n) is 1.49. The molecule has 0 saturated heterocycles.